The van der Waals surface area contributed by atoms with Crippen molar-refractivity contribution in [3.8, 4) is 0 Å². The molecule has 0 saturated carbocycles. The van der Waals surface area contributed by atoms with Gasteiger partial charge >= 0.3 is 0 Å². The average molecular weight is 247 g/mol. The van der Waals surface area contributed by atoms with Crippen LogP contribution in [0.25, 0.3) is 0 Å². The molecule has 96 valence electrons. The number of hydrogen-bond donors (Lipinski definition) is 1. The fraction of sp³-hybridized carbons (Fsp3) is 0.357. The van der Waals surface area contributed by atoms with Crippen molar-refractivity contribution < 1.29 is 4.39 Å². The van der Waals surface area contributed by atoms with Crippen LogP contribution in [-0.2, 0) is 13.0 Å². The largest absolute Gasteiger partial charge is 0.333 e. The topological polar surface area (TPSA) is 29.9 Å². The van der Waals surface area contributed by atoms with Crippen molar-refractivity contribution in [3.05, 3.63) is 53.4 Å². The molecule has 1 aromatic carbocycles. The average Bonchev–Trinajstić information content (AvgIpc) is 2.78. The lowest BCUT2D eigenvalue weighted by molar-refractivity contribution is 0.624. The van der Waals surface area contributed by atoms with Crippen molar-refractivity contribution >= 4 is 0 Å². The molecule has 0 aliphatic rings. The maximum absolute atomic E-state index is 13.0. The van der Waals surface area contributed by atoms with E-state index >= 15 is 0 Å². The predicted octanol–water partition coefficient (Wildman–Crippen LogP) is 2.14. The standard InChI is InChI=1S/C14H18FN3/c1-11-7-13(15)4-3-12(11)8-18-9-14(17-10-18)5-6-16-2/h3-4,7,9-10,16H,5-6,8H2,1-2H3. The summed E-state index contributed by atoms with van der Waals surface area (Å²) in [5.74, 6) is -0.184. The van der Waals surface area contributed by atoms with E-state index in [2.05, 4.69) is 10.3 Å². The number of rotatable bonds is 5. The van der Waals surface area contributed by atoms with Gasteiger partial charge in [0.15, 0.2) is 0 Å². The summed E-state index contributed by atoms with van der Waals surface area (Å²) in [5.41, 5.74) is 3.17. The summed E-state index contributed by atoms with van der Waals surface area (Å²) < 4.78 is 15.0. The number of aromatic nitrogens is 2. The Bertz CT molecular complexity index is 520. The summed E-state index contributed by atoms with van der Waals surface area (Å²) in [6.45, 7) is 3.59. The zero-order valence-electron chi connectivity index (χ0n) is 10.8. The molecule has 18 heavy (non-hydrogen) atoms. The van der Waals surface area contributed by atoms with Gasteiger partial charge in [-0.15, -0.1) is 0 Å². The van der Waals surface area contributed by atoms with Crippen molar-refractivity contribution in [2.24, 2.45) is 0 Å². The second kappa shape index (κ2) is 5.78. The van der Waals surface area contributed by atoms with Crippen molar-refractivity contribution in [1.82, 2.24) is 14.9 Å². The highest BCUT2D eigenvalue weighted by Crippen LogP contribution is 2.12. The van der Waals surface area contributed by atoms with Gasteiger partial charge in [0.1, 0.15) is 5.82 Å². The highest BCUT2D eigenvalue weighted by molar-refractivity contribution is 5.26. The SMILES string of the molecule is CNCCc1cn(Cc2ccc(F)cc2C)cn1. The van der Waals surface area contributed by atoms with Gasteiger partial charge in [-0.3, -0.25) is 0 Å². The third-order valence-corrected chi connectivity index (χ3v) is 2.98. The van der Waals surface area contributed by atoms with Gasteiger partial charge in [-0.05, 0) is 37.2 Å². The third-order valence-electron chi connectivity index (χ3n) is 2.98. The fourth-order valence-corrected chi connectivity index (χ4v) is 1.91. The fourth-order valence-electron chi connectivity index (χ4n) is 1.91. The van der Waals surface area contributed by atoms with Crippen LogP contribution in [0, 0.1) is 12.7 Å². The monoisotopic (exact) mass is 247 g/mol. The second-order valence-corrected chi connectivity index (χ2v) is 4.46. The molecule has 3 nitrogen and oxygen atoms in total. The lowest BCUT2D eigenvalue weighted by atomic mass is 10.1. The molecule has 1 heterocycles. The zero-order valence-corrected chi connectivity index (χ0v) is 10.8. The summed E-state index contributed by atoms with van der Waals surface area (Å²) in [6, 6.07) is 4.90. The Morgan fingerprint density at radius 2 is 2.22 bits per heavy atom. The molecule has 0 atom stereocenters. The lowest BCUT2D eigenvalue weighted by Crippen LogP contribution is -2.10. The van der Waals surface area contributed by atoms with E-state index in [0.29, 0.717) is 0 Å². The summed E-state index contributed by atoms with van der Waals surface area (Å²) in [5, 5.41) is 3.10. The minimum absolute atomic E-state index is 0.184. The summed E-state index contributed by atoms with van der Waals surface area (Å²) in [4.78, 5) is 4.35. The van der Waals surface area contributed by atoms with Gasteiger partial charge in [-0.2, -0.15) is 0 Å². The van der Waals surface area contributed by atoms with Gasteiger partial charge in [0, 0.05) is 25.7 Å². The van der Waals surface area contributed by atoms with Crippen molar-refractivity contribution in [3.63, 3.8) is 0 Å². The molecule has 0 saturated heterocycles. The van der Waals surface area contributed by atoms with Crippen molar-refractivity contribution in [1.29, 1.82) is 0 Å². The molecule has 0 unspecified atom stereocenters. The molecule has 4 heteroatoms. The molecule has 2 rings (SSSR count). The molecule has 0 aliphatic carbocycles. The Morgan fingerprint density at radius 1 is 1.39 bits per heavy atom. The molecular formula is C14H18FN3. The van der Waals surface area contributed by atoms with Crippen LogP contribution in [0.4, 0.5) is 4.39 Å². The van der Waals surface area contributed by atoms with E-state index in [0.717, 1.165) is 36.3 Å². The molecule has 0 radical (unpaired) electrons. The van der Waals surface area contributed by atoms with Crippen LogP contribution in [0.2, 0.25) is 0 Å². The van der Waals surface area contributed by atoms with Gasteiger partial charge in [0.2, 0.25) is 0 Å². The van der Waals surface area contributed by atoms with Gasteiger partial charge in [-0.25, -0.2) is 9.37 Å². The Hall–Kier alpha value is -1.68. The van der Waals surface area contributed by atoms with E-state index in [9.17, 15) is 4.39 Å². The van der Waals surface area contributed by atoms with E-state index in [1.54, 1.807) is 6.07 Å². The van der Waals surface area contributed by atoms with E-state index < -0.39 is 0 Å². The van der Waals surface area contributed by atoms with E-state index in [1.165, 1.54) is 6.07 Å². The minimum atomic E-state index is -0.184. The van der Waals surface area contributed by atoms with Crippen LogP contribution in [0.3, 0.4) is 0 Å². The Kier molecular flexibility index (Phi) is 4.10. The van der Waals surface area contributed by atoms with Crippen LogP contribution in [0.15, 0.2) is 30.7 Å². The smallest absolute Gasteiger partial charge is 0.123 e. The predicted molar refractivity (Wildman–Crippen MR) is 70.1 cm³/mol. The van der Waals surface area contributed by atoms with Crippen molar-refractivity contribution in [2.75, 3.05) is 13.6 Å². The van der Waals surface area contributed by atoms with Gasteiger partial charge in [0.05, 0.1) is 12.0 Å². The van der Waals surface area contributed by atoms with E-state index in [1.807, 2.05) is 37.1 Å². The van der Waals surface area contributed by atoms with E-state index in [-0.39, 0.29) is 5.82 Å². The first-order valence-corrected chi connectivity index (χ1v) is 6.09. The molecule has 0 amide bonds. The first kappa shape index (κ1) is 12.8. The minimum Gasteiger partial charge on any atom is -0.333 e. The number of hydrogen-bond acceptors (Lipinski definition) is 2. The molecule has 0 aliphatic heterocycles. The summed E-state index contributed by atoms with van der Waals surface area (Å²) >= 11 is 0. The third kappa shape index (κ3) is 3.17. The molecule has 0 spiro atoms. The normalized spacial score (nSPS) is 10.8. The number of benzene rings is 1. The molecule has 1 N–H and O–H groups in total. The second-order valence-electron chi connectivity index (χ2n) is 4.46. The van der Waals surface area contributed by atoms with Crippen molar-refractivity contribution in [2.45, 2.75) is 19.9 Å². The van der Waals surface area contributed by atoms with Crippen LogP contribution in [0.1, 0.15) is 16.8 Å². The number of halogens is 1. The number of aryl methyl sites for hydroxylation is 1. The van der Waals surface area contributed by atoms with Crippen LogP contribution >= 0.6 is 0 Å². The molecule has 1 aromatic heterocycles. The maximum atomic E-state index is 13.0. The first-order chi connectivity index (χ1) is 8.69. The van der Waals surface area contributed by atoms with Crippen LogP contribution in [0.5, 0.6) is 0 Å². The summed E-state index contributed by atoms with van der Waals surface area (Å²) in [6.07, 6.45) is 4.79. The number of likely N-dealkylation sites (N-methyl/N-ethyl adjacent to an activating group) is 1. The maximum Gasteiger partial charge on any atom is 0.123 e. The highest BCUT2D eigenvalue weighted by Gasteiger charge is 2.03. The number of nitrogens with one attached hydrogen (secondary N) is 1. The molecule has 0 fully saturated rings. The Balaban J connectivity index is 2.06. The lowest BCUT2D eigenvalue weighted by Gasteiger charge is -2.06. The van der Waals surface area contributed by atoms with Crippen LogP contribution < -0.4 is 5.32 Å². The molecule has 0 bridgehead atoms. The Labute approximate surface area is 107 Å². The first-order valence-electron chi connectivity index (χ1n) is 6.09. The van der Waals surface area contributed by atoms with E-state index in [4.69, 9.17) is 0 Å². The Morgan fingerprint density at radius 3 is 2.94 bits per heavy atom. The number of nitrogens with zero attached hydrogens (tertiary/aromatic N) is 2. The quantitative estimate of drug-likeness (QED) is 0.877. The van der Waals surface area contributed by atoms with Gasteiger partial charge < -0.3 is 9.88 Å². The molecular weight excluding hydrogens is 229 g/mol. The summed E-state index contributed by atoms with van der Waals surface area (Å²) in [7, 11) is 1.93. The van der Waals surface area contributed by atoms with Crippen LogP contribution in [-0.4, -0.2) is 23.1 Å². The number of imidazole rings is 1. The zero-order chi connectivity index (χ0) is 13.0. The molecule has 2 aromatic rings. The van der Waals surface area contributed by atoms with Gasteiger partial charge in [-0.1, -0.05) is 6.07 Å². The van der Waals surface area contributed by atoms with Gasteiger partial charge in [0.25, 0.3) is 0 Å². The highest BCUT2D eigenvalue weighted by atomic mass is 19.1.